The molecule has 0 spiro atoms. The number of halogens is 1. The molecule has 0 amide bonds. The Hall–Kier alpha value is -1.87. The van der Waals surface area contributed by atoms with Crippen molar-refractivity contribution in [1.29, 1.82) is 0 Å². The monoisotopic (exact) mass is 229 g/mol. The Morgan fingerprint density at radius 1 is 1.12 bits per heavy atom. The van der Waals surface area contributed by atoms with E-state index in [0.717, 1.165) is 16.9 Å². The van der Waals surface area contributed by atoms with Crippen molar-refractivity contribution in [3.05, 3.63) is 54.1 Å². The molecule has 3 rings (SSSR count). The SMILES string of the molecule is Clc1nc(-c2ccccc2)cc2nccn12. The van der Waals surface area contributed by atoms with Crippen LogP contribution < -0.4 is 0 Å². The van der Waals surface area contributed by atoms with Gasteiger partial charge in [-0.15, -0.1) is 0 Å². The summed E-state index contributed by atoms with van der Waals surface area (Å²) in [7, 11) is 0. The lowest BCUT2D eigenvalue weighted by molar-refractivity contribution is 1.09. The van der Waals surface area contributed by atoms with Crippen molar-refractivity contribution in [2.45, 2.75) is 0 Å². The van der Waals surface area contributed by atoms with E-state index < -0.39 is 0 Å². The summed E-state index contributed by atoms with van der Waals surface area (Å²) in [6.45, 7) is 0. The third kappa shape index (κ3) is 1.46. The van der Waals surface area contributed by atoms with Gasteiger partial charge in [0.25, 0.3) is 0 Å². The number of hydrogen-bond donors (Lipinski definition) is 0. The number of nitrogens with zero attached hydrogens (tertiary/aromatic N) is 3. The second-order valence-corrected chi connectivity index (χ2v) is 3.77. The van der Waals surface area contributed by atoms with E-state index in [1.165, 1.54) is 0 Å². The van der Waals surface area contributed by atoms with Crippen molar-refractivity contribution >= 4 is 17.2 Å². The van der Waals surface area contributed by atoms with Gasteiger partial charge in [0.2, 0.25) is 5.28 Å². The molecule has 0 saturated heterocycles. The molecule has 0 unspecified atom stereocenters. The zero-order valence-electron chi connectivity index (χ0n) is 8.34. The van der Waals surface area contributed by atoms with Crippen LogP contribution in [-0.2, 0) is 0 Å². The average Bonchev–Trinajstić information content (AvgIpc) is 2.79. The van der Waals surface area contributed by atoms with Gasteiger partial charge in [-0.1, -0.05) is 30.3 Å². The van der Waals surface area contributed by atoms with Gasteiger partial charge in [0, 0.05) is 24.0 Å². The standard InChI is InChI=1S/C12H8ClN3/c13-12-15-10(9-4-2-1-3-5-9)8-11-14-6-7-16(11)12/h1-8H. The predicted molar refractivity (Wildman–Crippen MR) is 63.4 cm³/mol. The quantitative estimate of drug-likeness (QED) is 0.601. The molecular formula is C12H8ClN3. The van der Waals surface area contributed by atoms with Crippen LogP contribution in [0.4, 0.5) is 0 Å². The molecule has 1 aromatic carbocycles. The van der Waals surface area contributed by atoms with Crippen LogP contribution in [0.2, 0.25) is 5.28 Å². The fourth-order valence-corrected chi connectivity index (χ4v) is 1.88. The molecule has 2 aromatic heterocycles. The molecule has 0 aliphatic heterocycles. The number of benzene rings is 1. The van der Waals surface area contributed by atoms with Crippen molar-refractivity contribution < 1.29 is 0 Å². The summed E-state index contributed by atoms with van der Waals surface area (Å²) in [5, 5.41) is 0.425. The number of hydrogen-bond acceptors (Lipinski definition) is 2. The van der Waals surface area contributed by atoms with Crippen LogP contribution in [-0.4, -0.2) is 14.4 Å². The zero-order chi connectivity index (χ0) is 11.0. The maximum Gasteiger partial charge on any atom is 0.209 e. The molecule has 0 atom stereocenters. The minimum absolute atomic E-state index is 0.425. The van der Waals surface area contributed by atoms with E-state index in [1.807, 2.05) is 36.4 Å². The molecule has 3 aromatic rings. The lowest BCUT2D eigenvalue weighted by Crippen LogP contribution is -1.92. The highest BCUT2D eigenvalue weighted by atomic mass is 35.5. The summed E-state index contributed by atoms with van der Waals surface area (Å²) in [5.41, 5.74) is 2.68. The van der Waals surface area contributed by atoms with Crippen molar-refractivity contribution in [3.8, 4) is 11.3 Å². The van der Waals surface area contributed by atoms with E-state index in [1.54, 1.807) is 16.8 Å². The number of imidazole rings is 1. The van der Waals surface area contributed by atoms with Crippen LogP contribution in [0, 0.1) is 0 Å². The Labute approximate surface area is 97.3 Å². The normalized spacial score (nSPS) is 10.8. The molecule has 0 fully saturated rings. The highest BCUT2D eigenvalue weighted by Gasteiger charge is 2.05. The molecule has 0 saturated carbocycles. The van der Waals surface area contributed by atoms with E-state index in [9.17, 15) is 0 Å². The average molecular weight is 230 g/mol. The lowest BCUT2D eigenvalue weighted by atomic mass is 10.1. The largest absolute Gasteiger partial charge is 0.274 e. The molecular weight excluding hydrogens is 222 g/mol. The van der Waals surface area contributed by atoms with Crippen LogP contribution in [0.25, 0.3) is 16.9 Å². The van der Waals surface area contributed by atoms with Crippen molar-refractivity contribution in [2.24, 2.45) is 0 Å². The van der Waals surface area contributed by atoms with E-state index in [2.05, 4.69) is 9.97 Å². The second-order valence-electron chi connectivity index (χ2n) is 3.43. The van der Waals surface area contributed by atoms with Crippen LogP contribution in [0.1, 0.15) is 0 Å². The molecule has 0 radical (unpaired) electrons. The molecule has 16 heavy (non-hydrogen) atoms. The Kier molecular flexibility index (Phi) is 2.11. The summed E-state index contributed by atoms with van der Waals surface area (Å²) in [4.78, 5) is 8.54. The lowest BCUT2D eigenvalue weighted by Gasteiger charge is -2.03. The minimum atomic E-state index is 0.425. The number of rotatable bonds is 1. The van der Waals surface area contributed by atoms with Gasteiger partial charge in [-0.2, -0.15) is 0 Å². The van der Waals surface area contributed by atoms with Gasteiger partial charge in [0.05, 0.1) is 5.69 Å². The topological polar surface area (TPSA) is 30.2 Å². The zero-order valence-corrected chi connectivity index (χ0v) is 9.09. The maximum absolute atomic E-state index is 6.07. The predicted octanol–water partition coefficient (Wildman–Crippen LogP) is 3.05. The number of aromatic nitrogens is 3. The Morgan fingerprint density at radius 3 is 2.75 bits per heavy atom. The van der Waals surface area contributed by atoms with E-state index in [-0.39, 0.29) is 0 Å². The highest BCUT2D eigenvalue weighted by molar-refractivity contribution is 6.28. The molecule has 0 aliphatic rings. The smallest absolute Gasteiger partial charge is 0.209 e. The first-order valence-corrected chi connectivity index (χ1v) is 5.27. The summed E-state index contributed by atoms with van der Waals surface area (Å²) in [6.07, 6.45) is 3.50. The Balaban J connectivity index is 2.25. The van der Waals surface area contributed by atoms with E-state index in [0.29, 0.717) is 5.28 Å². The summed E-state index contributed by atoms with van der Waals surface area (Å²) >= 11 is 6.07. The Bertz CT molecular complexity index is 631. The van der Waals surface area contributed by atoms with E-state index >= 15 is 0 Å². The van der Waals surface area contributed by atoms with Crippen molar-refractivity contribution in [2.75, 3.05) is 0 Å². The number of fused-ring (bicyclic) bond motifs is 1. The van der Waals surface area contributed by atoms with E-state index in [4.69, 9.17) is 11.6 Å². The second kappa shape index (κ2) is 3.61. The van der Waals surface area contributed by atoms with Gasteiger partial charge in [-0.05, 0) is 11.6 Å². The molecule has 0 aliphatic carbocycles. The van der Waals surface area contributed by atoms with Gasteiger partial charge >= 0.3 is 0 Å². The third-order valence-corrected chi connectivity index (χ3v) is 2.68. The van der Waals surface area contributed by atoms with Crippen LogP contribution in [0.3, 0.4) is 0 Å². The van der Waals surface area contributed by atoms with Crippen molar-refractivity contribution in [1.82, 2.24) is 14.4 Å². The van der Waals surface area contributed by atoms with Crippen LogP contribution in [0.5, 0.6) is 0 Å². The summed E-state index contributed by atoms with van der Waals surface area (Å²) < 4.78 is 1.74. The van der Waals surface area contributed by atoms with Crippen molar-refractivity contribution in [3.63, 3.8) is 0 Å². The molecule has 78 valence electrons. The molecule has 4 heteroatoms. The fourth-order valence-electron chi connectivity index (χ4n) is 1.64. The van der Waals surface area contributed by atoms with Crippen LogP contribution >= 0.6 is 11.6 Å². The summed E-state index contributed by atoms with van der Waals surface area (Å²) in [5.74, 6) is 0. The van der Waals surface area contributed by atoms with Gasteiger partial charge in [-0.3, -0.25) is 4.40 Å². The first kappa shape index (κ1) is 9.36. The first-order chi connectivity index (χ1) is 7.84. The van der Waals surface area contributed by atoms with Gasteiger partial charge in [-0.25, -0.2) is 9.97 Å². The Morgan fingerprint density at radius 2 is 1.94 bits per heavy atom. The van der Waals surface area contributed by atoms with Crippen LogP contribution in [0.15, 0.2) is 48.8 Å². The third-order valence-electron chi connectivity index (χ3n) is 2.42. The highest BCUT2D eigenvalue weighted by Crippen LogP contribution is 2.20. The van der Waals surface area contributed by atoms with Gasteiger partial charge in [0.1, 0.15) is 5.65 Å². The maximum atomic E-state index is 6.07. The molecule has 3 nitrogen and oxygen atoms in total. The molecule has 0 bridgehead atoms. The van der Waals surface area contributed by atoms with Gasteiger partial charge in [0.15, 0.2) is 0 Å². The molecule has 2 heterocycles. The first-order valence-electron chi connectivity index (χ1n) is 4.89. The summed E-state index contributed by atoms with van der Waals surface area (Å²) in [6, 6.07) is 11.8. The fraction of sp³-hybridized carbons (Fsp3) is 0. The van der Waals surface area contributed by atoms with Gasteiger partial charge < -0.3 is 0 Å². The molecule has 0 N–H and O–H groups in total. The minimum Gasteiger partial charge on any atom is -0.274 e.